The quantitative estimate of drug-likeness (QED) is 0.599. The van der Waals surface area contributed by atoms with Crippen LogP contribution in [0.25, 0.3) is 0 Å². The molecule has 0 radical (unpaired) electrons. The van der Waals surface area contributed by atoms with E-state index in [1.807, 2.05) is 26.8 Å². The van der Waals surface area contributed by atoms with Gasteiger partial charge in [0.1, 0.15) is 12.2 Å². The maximum absolute atomic E-state index is 9.99. The summed E-state index contributed by atoms with van der Waals surface area (Å²) in [7, 11) is 0. The van der Waals surface area contributed by atoms with Crippen molar-refractivity contribution in [1.29, 1.82) is 0 Å². The van der Waals surface area contributed by atoms with Crippen molar-refractivity contribution in [3.63, 3.8) is 0 Å². The number of ether oxygens (including phenoxy) is 2. The monoisotopic (exact) mass is 198 g/mol. The van der Waals surface area contributed by atoms with Gasteiger partial charge in [-0.2, -0.15) is 0 Å². The molecule has 0 unspecified atom stereocenters. The van der Waals surface area contributed by atoms with Gasteiger partial charge in [-0.3, -0.25) is 0 Å². The largest absolute Gasteiger partial charge is 0.386 e. The molecule has 0 spiro atoms. The van der Waals surface area contributed by atoms with E-state index in [9.17, 15) is 5.11 Å². The molecule has 2 aliphatic rings. The molecule has 1 aliphatic carbocycles. The molecule has 0 aromatic rings. The average Bonchev–Trinajstić information content (AvgIpc) is 2.50. The number of hydrogen-bond donors (Lipinski definition) is 1. The van der Waals surface area contributed by atoms with E-state index in [1.54, 1.807) is 0 Å². The van der Waals surface area contributed by atoms with Crippen LogP contribution in [0.3, 0.4) is 0 Å². The van der Waals surface area contributed by atoms with Gasteiger partial charge in [-0.1, -0.05) is 13.0 Å². The fourth-order valence-electron chi connectivity index (χ4n) is 2.53. The highest BCUT2D eigenvalue weighted by Gasteiger charge is 2.54. The van der Waals surface area contributed by atoms with Crippen molar-refractivity contribution in [3.8, 4) is 0 Å². The lowest BCUT2D eigenvalue weighted by Crippen LogP contribution is -2.29. The molecule has 3 heteroatoms. The van der Waals surface area contributed by atoms with E-state index in [-0.39, 0.29) is 18.1 Å². The third-order valence-electron chi connectivity index (χ3n) is 3.17. The van der Waals surface area contributed by atoms with E-state index < -0.39 is 11.9 Å². The molecule has 2 rings (SSSR count). The van der Waals surface area contributed by atoms with Gasteiger partial charge in [0.05, 0.1) is 6.10 Å². The average molecular weight is 198 g/mol. The Morgan fingerprint density at radius 2 is 1.86 bits per heavy atom. The van der Waals surface area contributed by atoms with Gasteiger partial charge in [-0.25, -0.2) is 0 Å². The Labute approximate surface area is 84.7 Å². The summed E-state index contributed by atoms with van der Waals surface area (Å²) in [6.45, 7) is 7.80. The minimum Gasteiger partial charge on any atom is -0.386 e. The standard InChI is InChI=1S/C11H18O3/c1-5-7-6(2)9-10(8(7)12)14-11(3,4)13-9/h5-6,8-10,12H,1-4H3/b7-5-/t6-,8-,9+,10-/m1/s1. The minimum atomic E-state index is -0.552. The second-order valence-electron chi connectivity index (χ2n) is 4.59. The second-order valence-corrected chi connectivity index (χ2v) is 4.59. The number of aliphatic hydroxyl groups is 1. The van der Waals surface area contributed by atoms with Crippen LogP contribution in [0.1, 0.15) is 27.7 Å². The molecule has 2 fully saturated rings. The zero-order valence-electron chi connectivity index (χ0n) is 9.15. The molecular weight excluding hydrogens is 180 g/mol. The second kappa shape index (κ2) is 3.05. The summed E-state index contributed by atoms with van der Waals surface area (Å²) in [6, 6.07) is 0. The van der Waals surface area contributed by atoms with E-state index in [1.165, 1.54) is 0 Å². The van der Waals surface area contributed by atoms with Crippen molar-refractivity contribution >= 4 is 0 Å². The maximum atomic E-state index is 9.99. The molecule has 1 heterocycles. The molecule has 1 saturated carbocycles. The first-order chi connectivity index (χ1) is 6.46. The van der Waals surface area contributed by atoms with Crippen LogP contribution in [0.4, 0.5) is 0 Å². The van der Waals surface area contributed by atoms with E-state index in [0.29, 0.717) is 0 Å². The predicted molar refractivity (Wildman–Crippen MR) is 52.8 cm³/mol. The van der Waals surface area contributed by atoms with Gasteiger partial charge in [0.2, 0.25) is 0 Å². The molecule has 0 aromatic heterocycles. The lowest BCUT2D eigenvalue weighted by molar-refractivity contribution is -0.160. The first-order valence-electron chi connectivity index (χ1n) is 5.16. The molecule has 1 saturated heterocycles. The topological polar surface area (TPSA) is 38.7 Å². The minimum absolute atomic E-state index is 0.00574. The van der Waals surface area contributed by atoms with Gasteiger partial charge in [0.25, 0.3) is 0 Å². The Kier molecular flexibility index (Phi) is 2.21. The normalized spacial score (nSPS) is 48.5. The van der Waals surface area contributed by atoms with E-state index in [2.05, 4.69) is 6.92 Å². The molecule has 3 nitrogen and oxygen atoms in total. The summed E-state index contributed by atoms with van der Waals surface area (Å²) in [6.07, 6.45) is 1.28. The molecular formula is C11H18O3. The van der Waals surface area contributed by atoms with Gasteiger partial charge in [0.15, 0.2) is 5.79 Å². The number of rotatable bonds is 0. The van der Waals surface area contributed by atoms with Crippen LogP contribution in [0, 0.1) is 5.92 Å². The Balaban J connectivity index is 2.25. The summed E-state index contributed by atoms with van der Waals surface area (Å²) in [5.41, 5.74) is 1.04. The lowest BCUT2D eigenvalue weighted by Gasteiger charge is -2.22. The third kappa shape index (κ3) is 1.31. The SMILES string of the molecule is C/C=C1/[C@@H](C)[C@@H]2OC(C)(C)O[C@@H]2[C@@H]1O. The van der Waals surface area contributed by atoms with Crippen LogP contribution in [-0.2, 0) is 9.47 Å². The van der Waals surface area contributed by atoms with Gasteiger partial charge in [0, 0.05) is 5.92 Å². The first kappa shape index (κ1) is 10.1. The highest BCUT2D eigenvalue weighted by Crippen LogP contribution is 2.44. The zero-order chi connectivity index (χ0) is 10.5. The van der Waals surface area contributed by atoms with Gasteiger partial charge >= 0.3 is 0 Å². The van der Waals surface area contributed by atoms with Crippen molar-refractivity contribution in [2.75, 3.05) is 0 Å². The molecule has 0 bridgehead atoms. The summed E-state index contributed by atoms with van der Waals surface area (Å²) < 4.78 is 11.4. The van der Waals surface area contributed by atoms with Gasteiger partial charge < -0.3 is 14.6 Å². The number of hydrogen-bond acceptors (Lipinski definition) is 3. The van der Waals surface area contributed by atoms with E-state index in [0.717, 1.165) is 5.57 Å². The molecule has 1 N–H and O–H groups in total. The molecule has 4 atom stereocenters. The van der Waals surface area contributed by atoms with Crippen molar-refractivity contribution in [2.45, 2.75) is 51.8 Å². The van der Waals surface area contributed by atoms with Crippen molar-refractivity contribution < 1.29 is 14.6 Å². The maximum Gasteiger partial charge on any atom is 0.163 e. The Morgan fingerprint density at radius 3 is 2.36 bits per heavy atom. The van der Waals surface area contributed by atoms with Crippen molar-refractivity contribution in [3.05, 3.63) is 11.6 Å². The van der Waals surface area contributed by atoms with Gasteiger partial charge in [-0.05, 0) is 26.3 Å². The van der Waals surface area contributed by atoms with Crippen molar-refractivity contribution in [1.82, 2.24) is 0 Å². The van der Waals surface area contributed by atoms with E-state index in [4.69, 9.17) is 9.47 Å². The number of fused-ring (bicyclic) bond motifs is 1. The predicted octanol–water partition coefficient (Wildman–Crippen LogP) is 1.46. The summed E-state index contributed by atoms with van der Waals surface area (Å²) in [5.74, 6) is -0.300. The summed E-state index contributed by atoms with van der Waals surface area (Å²) in [5, 5.41) is 9.99. The van der Waals surface area contributed by atoms with E-state index >= 15 is 0 Å². The zero-order valence-corrected chi connectivity index (χ0v) is 9.15. The molecule has 0 aromatic carbocycles. The fourth-order valence-corrected chi connectivity index (χ4v) is 2.53. The first-order valence-corrected chi connectivity index (χ1v) is 5.16. The Morgan fingerprint density at radius 1 is 1.29 bits per heavy atom. The fraction of sp³-hybridized carbons (Fsp3) is 0.818. The van der Waals surface area contributed by atoms with Crippen LogP contribution in [0.15, 0.2) is 11.6 Å². The highest BCUT2D eigenvalue weighted by molar-refractivity contribution is 5.23. The van der Waals surface area contributed by atoms with Crippen LogP contribution >= 0.6 is 0 Å². The number of aliphatic hydroxyl groups excluding tert-OH is 1. The van der Waals surface area contributed by atoms with Crippen LogP contribution in [-0.4, -0.2) is 29.2 Å². The van der Waals surface area contributed by atoms with Crippen LogP contribution < -0.4 is 0 Å². The molecule has 0 amide bonds. The highest BCUT2D eigenvalue weighted by atomic mass is 16.8. The lowest BCUT2D eigenvalue weighted by atomic mass is 10.0. The van der Waals surface area contributed by atoms with Crippen LogP contribution in [0.5, 0.6) is 0 Å². The Bertz CT molecular complexity index is 248. The smallest absolute Gasteiger partial charge is 0.163 e. The third-order valence-corrected chi connectivity index (χ3v) is 3.17. The Hall–Kier alpha value is -0.380. The number of allylic oxidation sites excluding steroid dienone is 1. The molecule has 14 heavy (non-hydrogen) atoms. The van der Waals surface area contributed by atoms with Gasteiger partial charge in [-0.15, -0.1) is 0 Å². The summed E-state index contributed by atoms with van der Waals surface area (Å²) in [4.78, 5) is 0. The summed E-state index contributed by atoms with van der Waals surface area (Å²) >= 11 is 0. The van der Waals surface area contributed by atoms with Crippen molar-refractivity contribution in [2.24, 2.45) is 5.92 Å². The molecule has 1 aliphatic heterocycles. The van der Waals surface area contributed by atoms with Crippen LogP contribution in [0.2, 0.25) is 0 Å². The molecule has 80 valence electrons.